The largest absolute Gasteiger partial charge is 0.292 e. The molecule has 0 aliphatic heterocycles. The highest BCUT2D eigenvalue weighted by atomic mass is 32.1. The molecule has 0 saturated heterocycles. The molecule has 0 radical (unpaired) electrons. The molecule has 0 saturated carbocycles. The molecule has 0 bridgehead atoms. The molecule has 1 heterocycles. The van der Waals surface area contributed by atoms with Gasteiger partial charge in [-0.25, -0.2) is 0 Å². The van der Waals surface area contributed by atoms with Crippen molar-refractivity contribution in [3.8, 4) is 0 Å². The summed E-state index contributed by atoms with van der Waals surface area (Å²) in [5.41, 5.74) is 0. The van der Waals surface area contributed by atoms with Crippen LogP contribution in [0.4, 0.5) is 0 Å². The Labute approximate surface area is 59.5 Å². The van der Waals surface area contributed by atoms with E-state index in [9.17, 15) is 0 Å². The van der Waals surface area contributed by atoms with Crippen molar-refractivity contribution in [2.75, 3.05) is 0 Å². The van der Waals surface area contributed by atoms with Gasteiger partial charge in [0.2, 0.25) is 0 Å². The fraction of sp³-hybridized carbons (Fsp3) is 0.500. The van der Waals surface area contributed by atoms with Gasteiger partial charge < -0.3 is 0 Å². The van der Waals surface area contributed by atoms with Crippen LogP contribution in [0.5, 0.6) is 0 Å². The van der Waals surface area contributed by atoms with E-state index in [1.165, 1.54) is 0 Å². The number of H-pyrrole nitrogens is 1. The van der Waals surface area contributed by atoms with Crippen molar-refractivity contribution < 1.29 is 0 Å². The second-order valence-electron chi connectivity index (χ2n) is 2.29. The van der Waals surface area contributed by atoms with Gasteiger partial charge >= 0.3 is 0 Å². The molecule has 0 unspecified atom stereocenters. The van der Waals surface area contributed by atoms with Crippen molar-refractivity contribution in [1.82, 2.24) is 9.78 Å². The minimum atomic E-state index is 0.474. The second kappa shape index (κ2) is 2.35. The van der Waals surface area contributed by atoms with Crippen molar-refractivity contribution >= 4 is 12.2 Å². The van der Waals surface area contributed by atoms with Gasteiger partial charge in [-0.2, -0.15) is 0 Å². The molecule has 0 aliphatic carbocycles. The van der Waals surface area contributed by atoms with E-state index in [-0.39, 0.29) is 0 Å². The van der Waals surface area contributed by atoms with Crippen LogP contribution in [0.25, 0.3) is 0 Å². The first-order chi connectivity index (χ1) is 4.20. The van der Waals surface area contributed by atoms with E-state index >= 15 is 0 Å². The standard InChI is InChI=1S/C6H10N2S/c1-5(2)8-4-3-6(9)7-8/h3-5H,1-2H3,(H,7,9). The van der Waals surface area contributed by atoms with E-state index in [1.807, 2.05) is 16.9 Å². The van der Waals surface area contributed by atoms with Gasteiger partial charge in [-0.05, 0) is 19.9 Å². The van der Waals surface area contributed by atoms with Gasteiger partial charge in [0.1, 0.15) is 4.64 Å². The Hall–Kier alpha value is -0.570. The Morgan fingerprint density at radius 2 is 2.33 bits per heavy atom. The van der Waals surface area contributed by atoms with Crippen molar-refractivity contribution in [2.24, 2.45) is 0 Å². The fourth-order valence-electron chi connectivity index (χ4n) is 0.651. The lowest BCUT2D eigenvalue weighted by Gasteiger charge is -2.03. The first kappa shape index (κ1) is 6.55. The normalized spacial score (nSPS) is 10.6. The number of aromatic amines is 1. The number of nitrogens with one attached hydrogen (secondary N) is 1. The van der Waals surface area contributed by atoms with Crippen molar-refractivity contribution in [1.29, 1.82) is 0 Å². The first-order valence-electron chi connectivity index (χ1n) is 2.97. The maximum absolute atomic E-state index is 4.88. The Balaban J connectivity index is 2.98. The molecule has 0 aromatic carbocycles. The summed E-state index contributed by atoms with van der Waals surface area (Å²) >= 11 is 4.88. The molecule has 0 fully saturated rings. The molecule has 1 aromatic rings. The molecule has 9 heavy (non-hydrogen) atoms. The topological polar surface area (TPSA) is 20.7 Å². The van der Waals surface area contributed by atoms with Crippen LogP contribution in [0.2, 0.25) is 0 Å². The zero-order chi connectivity index (χ0) is 6.85. The van der Waals surface area contributed by atoms with Crippen LogP contribution in [0.3, 0.4) is 0 Å². The summed E-state index contributed by atoms with van der Waals surface area (Å²) in [4.78, 5) is 0. The lowest BCUT2D eigenvalue weighted by atomic mass is 10.4. The van der Waals surface area contributed by atoms with Gasteiger partial charge in [0.05, 0.1) is 0 Å². The zero-order valence-corrected chi connectivity index (χ0v) is 6.40. The monoisotopic (exact) mass is 142 g/mol. The summed E-state index contributed by atoms with van der Waals surface area (Å²) < 4.78 is 2.77. The molecule has 1 aromatic heterocycles. The number of nitrogens with zero attached hydrogens (tertiary/aromatic N) is 1. The highest BCUT2D eigenvalue weighted by Crippen LogP contribution is 2.00. The highest BCUT2D eigenvalue weighted by Gasteiger charge is 1.92. The van der Waals surface area contributed by atoms with Crippen LogP contribution < -0.4 is 0 Å². The van der Waals surface area contributed by atoms with Crippen LogP contribution >= 0.6 is 12.2 Å². The third kappa shape index (κ3) is 1.42. The molecular weight excluding hydrogens is 132 g/mol. The third-order valence-electron chi connectivity index (χ3n) is 1.18. The van der Waals surface area contributed by atoms with E-state index in [0.717, 1.165) is 4.64 Å². The van der Waals surface area contributed by atoms with Gasteiger partial charge in [0.15, 0.2) is 0 Å². The summed E-state index contributed by atoms with van der Waals surface area (Å²) in [5.74, 6) is 0. The number of aromatic nitrogens is 2. The molecule has 0 atom stereocenters. The SMILES string of the molecule is CC(C)n1ccc(=S)[nH]1. The predicted molar refractivity (Wildman–Crippen MR) is 40.0 cm³/mol. The fourth-order valence-corrected chi connectivity index (χ4v) is 0.817. The van der Waals surface area contributed by atoms with Crippen molar-refractivity contribution in [3.63, 3.8) is 0 Å². The average molecular weight is 142 g/mol. The summed E-state index contributed by atoms with van der Waals surface area (Å²) in [5, 5.41) is 3.01. The Morgan fingerprint density at radius 1 is 1.67 bits per heavy atom. The average Bonchev–Trinajstić information content (AvgIpc) is 2.14. The maximum Gasteiger partial charge on any atom is 0.119 e. The molecular formula is C6H10N2S. The van der Waals surface area contributed by atoms with Crippen LogP contribution in [-0.2, 0) is 0 Å². The van der Waals surface area contributed by atoms with Crippen LogP contribution in [0.1, 0.15) is 19.9 Å². The molecule has 3 heteroatoms. The minimum absolute atomic E-state index is 0.474. The molecule has 0 spiro atoms. The second-order valence-corrected chi connectivity index (χ2v) is 2.73. The minimum Gasteiger partial charge on any atom is -0.292 e. The van der Waals surface area contributed by atoms with Crippen LogP contribution in [-0.4, -0.2) is 9.78 Å². The number of hydrogen-bond donors (Lipinski definition) is 1. The van der Waals surface area contributed by atoms with Gasteiger partial charge in [0, 0.05) is 12.2 Å². The highest BCUT2D eigenvalue weighted by molar-refractivity contribution is 7.71. The van der Waals surface area contributed by atoms with Gasteiger partial charge in [0.25, 0.3) is 0 Å². The first-order valence-corrected chi connectivity index (χ1v) is 3.38. The third-order valence-corrected chi connectivity index (χ3v) is 1.41. The van der Waals surface area contributed by atoms with Gasteiger partial charge in [-0.3, -0.25) is 9.78 Å². The summed E-state index contributed by atoms with van der Waals surface area (Å²) in [6.07, 6.45) is 1.95. The number of rotatable bonds is 1. The Bertz CT molecular complexity index is 233. The molecule has 0 amide bonds. The molecule has 2 nitrogen and oxygen atoms in total. The molecule has 1 N–H and O–H groups in total. The quantitative estimate of drug-likeness (QED) is 0.596. The maximum atomic E-state index is 4.88. The van der Waals surface area contributed by atoms with Crippen LogP contribution in [0.15, 0.2) is 12.3 Å². The van der Waals surface area contributed by atoms with E-state index in [1.54, 1.807) is 0 Å². The van der Waals surface area contributed by atoms with Crippen molar-refractivity contribution in [2.45, 2.75) is 19.9 Å². The van der Waals surface area contributed by atoms with E-state index in [4.69, 9.17) is 12.2 Å². The van der Waals surface area contributed by atoms with Crippen molar-refractivity contribution in [3.05, 3.63) is 16.9 Å². The summed E-state index contributed by atoms with van der Waals surface area (Å²) in [6, 6.07) is 2.36. The van der Waals surface area contributed by atoms with Gasteiger partial charge in [-0.15, -0.1) is 0 Å². The molecule has 0 aliphatic rings. The Morgan fingerprint density at radius 3 is 2.56 bits per heavy atom. The molecule has 50 valence electrons. The van der Waals surface area contributed by atoms with E-state index in [2.05, 4.69) is 18.9 Å². The lowest BCUT2D eigenvalue weighted by Crippen LogP contribution is -1.99. The van der Waals surface area contributed by atoms with Gasteiger partial charge in [-0.1, -0.05) is 12.2 Å². The zero-order valence-electron chi connectivity index (χ0n) is 5.59. The van der Waals surface area contributed by atoms with E-state index in [0.29, 0.717) is 6.04 Å². The summed E-state index contributed by atoms with van der Waals surface area (Å²) in [6.45, 7) is 4.20. The smallest absolute Gasteiger partial charge is 0.119 e. The van der Waals surface area contributed by atoms with Crippen LogP contribution in [0, 0.1) is 4.64 Å². The Kier molecular flexibility index (Phi) is 1.71. The summed E-state index contributed by atoms with van der Waals surface area (Å²) in [7, 11) is 0. The van der Waals surface area contributed by atoms with E-state index < -0.39 is 0 Å². The number of hydrogen-bond acceptors (Lipinski definition) is 1. The lowest BCUT2D eigenvalue weighted by molar-refractivity contribution is 0.531. The predicted octanol–water partition coefficient (Wildman–Crippen LogP) is 2.13. The molecule has 1 rings (SSSR count).